The Hall–Kier alpha value is -3.27. The molecule has 0 saturated heterocycles. The molecule has 2 heterocycles. The second-order valence-corrected chi connectivity index (χ2v) is 7.15. The Labute approximate surface area is 179 Å². The third-order valence-electron chi connectivity index (χ3n) is 4.23. The Morgan fingerprint density at radius 2 is 1.57 bits per heavy atom. The molecule has 30 heavy (non-hydrogen) atoms. The van der Waals surface area contributed by atoms with E-state index >= 15 is 0 Å². The highest BCUT2D eigenvalue weighted by atomic mass is 35.5. The second-order valence-electron chi connectivity index (χ2n) is 6.78. The molecule has 0 fully saturated rings. The molecule has 0 aliphatic rings. The van der Waals surface area contributed by atoms with Gasteiger partial charge in [0.25, 0.3) is 11.8 Å². The summed E-state index contributed by atoms with van der Waals surface area (Å²) >= 11 is 5.59. The maximum atomic E-state index is 12.6. The number of aryl methyl sites for hydroxylation is 2. The van der Waals surface area contributed by atoms with Crippen LogP contribution in [0.25, 0.3) is 0 Å². The van der Waals surface area contributed by atoms with Crippen LogP contribution in [0.15, 0.2) is 24.5 Å². The number of carbonyl (C=O) groups excluding carboxylic acids is 3. The van der Waals surface area contributed by atoms with E-state index in [1.54, 1.807) is 47.8 Å². The van der Waals surface area contributed by atoms with Crippen molar-refractivity contribution in [3.63, 3.8) is 0 Å². The molecule has 0 aromatic carbocycles. The van der Waals surface area contributed by atoms with Crippen molar-refractivity contribution in [2.45, 2.75) is 19.3 Å². The van der Waals surface area contributed by atoms with Gasteiger partial charge in [0.1, 0.15) is 11.4 Å². The summed E-state index contributed by atoms with van der Waals surface area (Å²) < 4.78 is 3.19. The van der Waals surface area contributed by atoms with Crippen LogP contribution in [-0.2, 0) is 18.9 Å². The first-order valence-electron chi connectivity index (χ1n) is 9.32. The summed E-state index contributed by atoms with van der Waals surface area (Å²) in [5.74, 6) is -0.485. The third kappa shape index (κ3) is 6.38. The van der Waals surface area contributed by atoms with Gasteiger partial charge in [0.15, 0.2) is 0 Å². The standard InChI is InChI=1S/C19H26ClN7O3/c1-26-11-13(9-14(26)18(29)23-7-5-16(21)22)25-19(30)15-8-12(10-27(15)2)24-17(28)4-3-6-20/h8-11H,3-7H2,1-2H3,(H3,21,22)(H,23,29)(H,24,28)(H,25,30). The van der Waals surface area contributed by atoms with E-state index in [-0.39, 0.29) is 36.5 Å². The average Bonchev–Trinajstić information content (AvgIpc) is 3.21. The molecule has 0 bridgehead atoms. The lowest BCUT2D eigenvalue weighted by molar-refractivity contribution is -0.116. The van der Waals surface area contributed by atoms with Crippen LogP contribution in [0.4, 0.5) is 11.4 Å². The fourth-order valence-electron chi connectivity index (χ4n) is 2.76. The number of anilines is 2. The van der Waals surface area contributed by atoms with E-state index in [9.17, 15) is 14.4 Å². The fraction of sp³-hybridized carbons (Fsp3) is 0.368. The Bertz CT molecular complexity index is 948. The van der Waals surface area contributed by atoms with Gasteiger partial charge in [-0.3, -0.25) is 19.8 Å². The fourth-order valence-corrected chi connectivity index (χ4v) is 2.90. The van der Waals surface area contributed by atoms with Crippen LogP contribution < -0.4 is 21.7 Å². The number of carbonyl (C=O) groups is 3. The van der Waals surface area contributed by atoms with Crippen molar-refractivity contribution in [1.82, 2.24) is 14.5 Å². The van der Waals surface area contributed by atoms with Gasteiger partial charge in [-0.2, -0.15) is 0 Å². The zero-order chi connectivity index (χ0) is 22.3. The van der Waals surface area contributed by atoms with Gasteiger partial charge >= 0.3 is 0 Å². The van der Waals surface area contributed by atoms with Gasteiger partial charge in [-0.1, -0.05) is 0 Å². The van der Waals surface area contributed by atoms with Gasteiger partial charge in [0.2, 0.25) is 5.91 Å². The quantitative estimate of drug-likeness (QED) is 0.219. The molecule has 0 unspecified atom stereocenters. The van der Waals surface area contributed by atoms with Gasteiger partial charge in [0, 0.05) is 51.8 Å². The first kappa shape index (κ1) is 23.0. The summed E-state index contributed by atoms with van der Waals surface area (Å²) in [4.78, 5) is 36.7. The largest absolute Gasteiger partial charge is 0.388 e. The van der Waals surface area contributed by atoms with Crippen molar-refractivity contribution < 1.29 is 14.4 Å². The smallest absolute Gasteiger partial charge is 0.272 e. The van der Waals surface area contributed by atoms with E-state index in [0.29, 0.717) is 41.5 Å². The van der Waals surface area contributed by atoms with Crippen molar-refractivity contribution in [3.05, 3.63) is 35.9 Å². The van der Waals surface area contributed by atoms with E-state index in [2.05, 4.69) is 16.0 Å². The minimum absolute atomic E-state index is 0.00712. The summed E-state index contributed by atoms with van der Waals surface area (Å²) in [7, 11) is 3.38. The summed E-state index contributed by atoms with van der Waals surface area (Å²) in [6, 6.07) is 3.13. The van der Waals surface area contributed by atoms with Crippen LogP contribution in [0, 0.1) is 5.41 Å². The van der Waals surface area contributed by atoms with Gasteiger partial charge in [-0.25, -0.2) is 0 Å². The van der Waals surface area contributed by atoms with Gasteiger partial charge in [-0.05, 0) is 18.6 Å². The lowest BCUT2D eigenvalue weighted by Gasteiger charge is -2.04. The molecule has 0 spiro atoms. The topological polar surface area (TPSA) is 147 Å². The number of alkyl halides is 1. The van der Waals surface area contributed by atoms with Crippen molar-refractivity contribution in [1.29, 1.82) is 5.41 Å². The minimum atomic E-state index is -0.382. The number of amidine groups is 1. The summed E-state index contributed by atoms with van der Waals surface area (Å²) in [6.07, 6.45) is 4.41. The van der Waals surface area contributed by atoms with Crippen molar-refractivity contribution in [3.8, 4) is 0 Å². The third-order valence-corrected chi connectivity index (χ3v) is 4.50. The second kappa shape index (κ2) is 10.5. The molecular formula is C19H26ClN7O3. The highest BCUT2D eigenvalue weighted by Gasteiger charge is 2.16. The Kier molecular flexibility index (Phi) is 8.05. The first-order valence-corrected chi connectivity index (χ1v) is 9.85. The Balaban J connectivity index is 2.02. The SMILES string of the molecule is Cn1cc(NC(=O)c2cc(NC(=O)CCCCl)cn2C)cc1C(=O)NCCC(=N)N. The Morgan fingerprint density at radius 3 is 2.13 bits per heavy atom. The molecule has 3 amide bonds. The molecule has 2 aromatic heterocycles. The van der Waals surface area contributed by atoms with E-state index in [4.69, 9.17) is 22.7 Å². The van der Waals surface area contributed by atoms with Crippen LogP contribution in [-0.4, -0.2) is 45.1 Å². The van der Waals surface area contributed by atoms with Crippen molar-refractivity contribution in [2.24, 2.45) is 19.8 Å². The lowest BCUT2D eigenvalue weighted by atomic mass is 10.3. The molecule has 0 aliphatic carbocycles. The number of nitrogens with zero attached hydrogens (tertiary/aromatic N) is 2. The van der Waals surface area contributed by atoms with E-state index in [0.717, 1.165) is 0 Å². The summed E-state index contributed by atoms with van der Waals surface area (Å²) in [5.41, 5.74) is 6.94. The van der Waals surface area contributed by atoms with Gasteiger partial charge in [-0.15, -0.1) is 11.6 Å². The molecule has 6 N–H and O–H groups in total. The zero-order valence-electron chi connectivity index (χ0n) is 16.9. The number of rotatable bonds is 10. The predicted octanol–water partition coefficient (Wildman–Crippen LogP) is 1.63. The minimum Gasteiger partial charge on any atom is -0.388 e. The number of hydrogen-bond acceptors (Lipinski definition) is 4. The molecule has 10 nitrogen and oxygen atoms in total. The maximum absolute atomic E-state index is 12.6. The number of nitrogens with two attached hydrogens (primary N) is 1. The maximum Gasteiger partial charge on any atom is 0.272 e. The number of aromatic nitrogens is 2. The molecular weight excluding hydrogens is 410 g/mol. The highest BCUT2D eigenvalue weighted by Crippen LogP contribution is 2.17. The number of amides is 3. The monoisotopic (exact) mass is 435 g/mol. The highest BCUT2D eigenvalue weighted by molar-refractivity contribution is 6.18. The zero-order valence-corrected chi connectivity index (χ0v) is 17.7. The predicted molar refractivity (Wildman–Crippen MR) is 116 cm³/mol. The van der Waals surface area contributed by atoms with Gasteiger partial charge < -0.3 is 30.8 Å². The molecule has 162 valence electrons. The summed E-state index contributed by atoms with van der Waals surface area (Å²) in [5, 5.41) is 15.3. The molecule has 2 rings (SSSR count). The number of hydrogen-bond donors (Lipinski definition) is 5. The lowest BCUT2D eigenvalue weighted by Crippen LogP contribution is -2.28. The van der Waals surface area contributed by atoms with E-state index < -0.39 is 0 Å². The molecule has 0 saturated carbocycles. The van der Waals surface area contributed by atoms with Crippen molar-refractivity contribution >= 4 is 46.5 Å². The van der Waals surface area contributed by atoms with Crippen LogP contribution >= 0.6 is 11.6 Å². The van der Waals surface area contributed by atoms with Crippen molar-refractivity contribution in [2.75, 3.05) is 23.1 Å². The average molecular weight is 436 g/mol. The van der Waals surface area contributed by atoms with E-state index in [1.165, 1.54) is 0 Å². The van der Waals surface area contributed by atoms with Crippen LogP contribution in [0.1, 0.15) is 40.2 Å². The van der Waals surface area contributed by atoms with Crippen LogP contribution in [0.3, 0.4) is 0 Å². The molecule has 0 aliphatic heterocycles. The van der Waals surface area contributed by atoms with E-state index in [1.807, 2.05) is 0 Å². The Morgan fingerprint density at radius 1 is 1.00 bits per heavy atom. The molecule has 0 radical (unpaired) electrons. The van der Waals surface area contributed by atoms with Gasteiger partial charge in [0.05, 0.1) is 17.2 Å². The summed E-state index contributed by atoms with van der Waals surface area (Å²) in [6.45, 7) is 0.254. The molecule has 11 heteroatoms. The van der Waals surface area contributed by atoms with Crippen LogP contribution in [0.5, 0.6) is 0 Å². The number of nitrogens with one attached hydrogen (secondary N) is 4. The molecule has 2 aromatic rings. The number of halogens is 1. The normalized spacial score (nSPS) is 10.5. The first-order chi connectivity index (χ1) is 14.2. The molecule has 0 atom stereocenters. The van der Waals surface area contributed by atoms with Crippen LogP contribution in [0.2, 0.25) is 0 Å².